The summed E-state index contributed by atoms with van der Waals surface area (Å²) in [4.78, 5) is 14.4. The number of nitrogens with zero attached hydrogens (tertiary/aromatic N) is 1. The fourth-order valence-corrected chi connectivity index (χ4v) is 4.06. The SMILES string of the molecule is O=C(CCC1CCNC1)N1CC2CCCCC2C1. The van der Waals surface area contributed by atoms with E-state index in [0.29, 0.717) is 5.91 Å². The fourth-order valence-electron chi connectivity index (χ4n) is 4.06. The molecule has 2 heterocycles. The Morgan fingerprint density at radius 3 is 2.44 bits per heavy atom. The molecule has 1 N–H and O–H groups in total. The molecule has 3 fully saturated rings. The second-order valence-electron chi connectivity index (χ2n) is 6.50. The molecule has 3 aliphatic rings. The zero-order valence-electron chi connectivity index (χ0n) is 11.4. The minimum atomic E-state index is 0.427. The van der Waals surface area contributed by atoms with Gasteiger partial charge in [0.2, 0.25) is 5.91 Å². The van der Waals surface area contributed by atoms with E-state index in [1.54, 1.807) is 0 Å². The Bertz CT molecular complexity index is 285. The lowest BCUT2D eigenvalue weighted by molar-refractivity contribution is -0.130. The van der Waals surface area contributed by atoms with Gasteiger partial charge in [0, 0.05) is 19.5 Å². The van der Waals surface area contributed by atoms with Gasteiger partial charge < -0.3 is 10.2 Å². The number of carbonyl (C=O) groups excluding carboxylic acids is 1. The van der Waals surface area contributed by atoms with Crippen LogP contribution in [0.25, 0.3) is 0 Å². The Morgan fingerprint density at radius 1 is 1.11 bits per heavy atom. The largest absolute Gasteiger partial charge is 0.342 e. The van der Waals surface area contributed by atoms with E-state index >= 15 is 0 Å². The normalized spacial score (nSPS) is 35.8. The lowest BCUT2D eigenvalue weighted by Crippen LogP contribution is -2.29. The minimum Gasteiger partial charge on any atom is -0.342 e. The summed E-state index contributed by atoms with van der Waals surface area (Å²) in [5, 5.41) is 3.38. The summed E-state index contributed by atoms with van der Waals surface area (Å²) >= 11 is 0. The van der Waals surface area contributed by atoms with Gasteiger partial charge in [0.25, 0.3) is 0 Å². The van der Waals surface area contributed by atoms with E-state index in [9.17, 15) is 4.79 Å². The highest BCUT2D eigenvalue weighted by Gasteiger charge is 2.36. The number of nitrogens with one attached hydrogen (secondary N) is 1. The molecule has 2 saturated heterocycles. The first kappa shape index (κ1) is 12.5. The van der Waals surface area contributed by atoms with Crippen molar-refractivity contribution < 1.29 is 4.79 Å². The van der Waals surface area contributed by atoms with E-state index in [1.165, 1.54) is 32.1 Å². The molecule has 102 valence electrons. The van der Waals surface area contributed by atoms with Crippen molar-refractivity contribution in [3.63, 3.8) is 0 Å². The van der Waals surface area contributed by atoms with Crippen LogP contribution in [0.3, 0.4) is 0 Å². The maximum atomic E-state index is 12.3. The van der Waals surface area contributed by atoms with Crippen LogP contribution >= 0.6 is 0 Å². The third-order valence-corrected chi connectivity index (χ3v) is 5.26. The molecular formula is C15H26N2O. The van der Waals surface area contributed by atoms with Crippen molar-refractivity contribution in [3.8, 4) is 0 Å². The van der Waals surface area contributed by atoms with Crippen LogP contribution in [-0.4, -0.2) is 37.0 Å². The summed E-state index contributed by atoms with van der Waals surface area (Å²) in [6.07, 6.45) is 8.64. The molecule has 3 unspecified atom stereocenters. The molecule has 3 heteroatoms. The Morgan fingerprint density at radius 2 is 1.83 bits per heavy atom. The zero-order valence-corrected chi connectivity index (χ0v) is 11.4. The van der Waals surface area contributed by atoms with E-state index < -0.39 is 0 Å². The highest BCUT2D eigenvalue weighted by molar-refractivity contribution is 5.76. The van der Waals surface area contributed by atoms with Crippen molar-refractivity contribution >= 4 is 5.91 Å². The molecule has 3 atom stereocenters. The van der Waals surface area contributed by atoms with E-state index in [-0.39, 0.29) is 0 Å². The minimum absolute atomic E-state index is 0.427. The van der Waals surface area contributed by atoms with Crippen LogP contribution in [0, 0.1) is 17.8 Å². The van der Waals surface area contributed by atoms with Crippen molar-refractivity contribution in [2.75, 3.05) is 26.2 Å². The molecule has 3 nitrogen and oxygen atoms in total. The molecule has 3 rings (SSSR count). The fraction of sp³-hybridized carbons (Fsp3) is 0.933. The van der Waals surface area contributed by atoms with Gasteiger partial charge in [0.05, 0.1) is 0 Å². The van der Waals surface area contributed by atoms with Crippen molar-refractivity contribution in [2.45, 2.75) is 44.9 Å². The standard InChI is InChI=1S/C15H26N2O/c18-15(6-5-12-7-8-16-9-12)17-10-13-3-1-2-4-14(13)11-17/h12-14,16H,1-11H2. The highest BCUT2D eigenvalue weighted by atomic mass is 16.2. The van der Waals surface area contributed by atoms with Gasteiger partial charge in [-0.15, -0.1) is 0 Å². The summed E-state index contributed by atoms with van der Waals surface area (Å²) in [7, 11) is 0. The lowest BCUT2D eigenvalue weighted by atomic mass is 9.82. The molecule has 0 aromatic heterocycles. The van der Waals surface area contributed by atoms with Gasteiger partial charge in [0.15, 0.2) is 0 Å². The van der Waals surface area contributed by atoms with Crippen molar-refractivity contribution in [1.29, 1.82) is 0 Å². The smallest absolute Gasteiger partial charge is 0.222 e. The van der Waals surface area contributed by atoms with E-state index in [4.69, 9.17) is 0 Å². The second-order valence-corrected chi connectivity index (χ2v) is 6.50. The molecule has 1 aliphatic carbocycles. The maximum Gasteiger partial charge on any atom is 0.222 e. The van der Waals surface area contributed by atoms with Crippen molar-refractivity contribution in [2.24, 2.45) is 17.8 Å². The number of likely N-dealkylation sites (tertiary alicyclic amines) is 1. The molecule has 0 bridgehead atoms. The first-order chi connectivity index (χ1) is 8.83. The molecule has 18 heavy (non-hydrogen) atoms. The van der Waals surface area contributed by atoms with Crippen LogP contribution in [0.2, 0.25) is 0 Å². The summed E-state index contributed by atoms with van der Waals surface area (Å²) in [6.45, 7) is 4.39. The summed E-state index contributed by atoms with van der Waals surface area (Å²) < 4.78 is 0. The monoisotopic (exact) mass is 250 g/mol. The average Bonchev–Trinajstić information content (AvgIpc) is 3.04. The maximum absolute atomic E-state index is 12.3. The van der Waals surface area contributed by atoms with Gasteiger partial charge in [-0.2, -0.15) is 0 Å². The Hall–Kier alpha value is -0.570. The molecule has 1 saturated carbocycles. The third kappa shape index (κ3) is 2.71. The molecular weight excluding hydrogens is 224 g/mol. The average molecular weight is 250 g/mol. The predicted molar refractivity (Wildman–Crippen MR) is 72.2 cm³/mol. The van der Waals surface area contributed by atoms with E-state index in [2.05, 4.69) is 10.2 Å². The number of carbonyl (C=O) groups is 1. The number of amides is 1. The number of hydrogen-bond donors (Lipinski definition) is 1. The topological polar surface area (TPSA) is 32.3 Å². The third-order valence-electron chi connectivity index (χ3n) is 5.26. The van der Waals surface area contributed by atoms with Gasteiger partial charge >= 0.3 is 0 Å². The van der Waals surface area contributed by atoms with Crippen LogP contribution in [0.15, 0.2) is 0 Å². The second kappa shape index (κ2) is 5.60. The van der Waals surface area contributed by atoms with Crippen LogP contribution in [0.5, 0.6) is 0 Å². The zero-order chi connectivity index (χ0) is 12.4. The first-order valence-corrected chi connectivity index (χ1v) is 7.81. The first-order valence-electron chi connectivity index (χ1n) is 7.81. The summed E-state index contributed by atoms with van der Waals surface area (Å²) in [5.74, 6) is 2.84. The molecule has 2 aliphatic heterocycles. The van der Waals surface area contributed by atoms with Crippen molar-refractivity contribution in [1.82, 2.24) is 10.2 Å². The van der Waals surface area contributed by atoms with Crippen LogP contribution in [-0.2, 0) is 4.79 Å². The summed E-state index contributed by atoms with van der Waals surface area (Å²) in [5.41, 5.74) is 0. The molecule has 0 aromatic carbocycles. The van der Waals surface area contributed by atoms with Gasteiger partial charge in [-0.05, 0) is 56.5 Å². The quantitative estimate of drug-likeness (QED) is 0.831. The number of rotatable bonds is 3. The van der Waals surface area contributed by atoms with Gasteiger partial charge in [-0.3, -0.25) is 4.79 Å². The van der Waals surface area contributed by atoms with Gasteiger partial charge in [-0.25, -0.2) is 0 Å². The Balaban J connectivity index is 1.45. The number of fused-ring (bicyclic) bond motifs is 1. The molecule has 0 aromatic rings. The lowest BCUT2D eigenvalue weighted by Gasteiger charge is -2.22. The Labute approximate surface area is 110 Å². The predicted octanol–water partition coefficient (Wildman–Crippen LogP) is 2.02. The number of hydrogen-bond acceptors (Lipinski definition) is 2. The molecule has 0 spiro atoms. The molecule has 0 radical (unpaired) electrons. The van der Waals surface area contributed by atoms with Crippen LogP contribution < -0.4 is 5.32 Å². The van der Waals surface area contributed by atoms with Crippen molar-refractivity contribution in [3.05, 3.63) is 0 Å². The van der Waals surface area contributed by atoms with Gasteiger partial charge in [-0.1, -0.05) is 12.8 Å². The highest BCUT2D eigenvalue weighted by Crippen LogP contribution is 2.36. The molecule has 1 amide bonds. The summed E-state index contributed by atoms with van der Waals surface area (Å²) in [6, 6.07) is 0. The van der Waals surface area contributed by atoms with E-state index in [0.717, 1.165) is 56.8 Å². The van der Waals surface area contributed by atoms with Gasteiger partial charge in [0.1, 0.15) is 0 Å². The van der Waals surface area contributed by atoms with E-state index in [1.807, 2.05) is 0 Å². The Kier molecular flexibility index (Phi) is 3.88. The van der Waals surface area contributed by atoms with Crippen LogP contribution in [0.4, 0.5) is 0 Å². The van der Waals surface area contributed by atoms with Crippen LogP contribution in [0.1, 0.15) is 44.9 Å².